The van der Waals surface area contributed by atoms with Gasteiger partial charge < -0.3 is 14.4 Å². The average molecular weight is 347 g/mol. The zero-order valence-electron chi connectivity index (χ0n) is 13.0. The van der Waals surface area contributed by atoms with Crippen molar-refractivity contribution in [3.8, 4) is 11.6 Å². The van der Waals surface area contributed by atoms with Gasteiger partial charge in [0.05, 0.1) is 16.8 Å². The van der Waals surface area contributed by atoms with E-state index in [-0.39, 0.29) is 42.1 Å². The second-order valence-corrected chi connectivity index (χ2v) is 5.26. The molecule has 2 aromatic rings. The summed E-state index contributed by atoms with van der Waals surface area (Å²) in [6.07, 6.45) is 1.30. The van der Waals surface area contributed by atoms with Gasteiger partial charge in [-0.1, -0.05) is 0 Å². The number of aryl methyl sites for hydroxylation is 1. The van der Waals surface area contributed by atoms with Crippen molar-refractivity contribution in [3.05, 3.63) is 34.5 Å². The van der Waals surface area contributed by atoms with E-state index >= 15 is 0 Å². The zero-order chi connectivity index (χ0) is 18.1. The molecule has 0 saturated heterocycles. The average Bonchev–Trinajstić information content (AvgIpc) is 2.87. The Bertz CT molecular complexity index is 877. The first-order valence-electron chi connectivity index (χ1n) is 7.09. The van der Waals surface area contributed by atoms with Gasteiger partial charge in [0, 0.05) is 19.2 Å². The van der Waals surface area contributed by atoms with Crippen LogP contribution in [0, 0.1) is 10.1 Å². The Hall–Kier alpha value is -3.63. The SMILES string of the molecule is Cn1cc(O)nc1NC(=O)CN1C(=O)COc2ccc([N+](=O)[O-])cc21. The predicted molar refractivity (Wildman–Crippen MR) is 84.4 cm³/mol. The van der Waals surface area contributed by atoms with Gasteiger partial charge in [-0.2, -0.15) is 4.98 Å². The highest BCUT2D eigenvalue weighted by Crippen LogP contribution is 2.35. The first-order chi connectivity index (χ1) is 11.8. The Morgan fingerprint density at radius 1 is 1.52 bits per heavy atom. The van der Waals surface area contributed by atoms with Crippen LogP contribution in [-0.2, 0) is 16.6 Å². The number of fused-ring (bicyclic) bond motifs is 1. The van der Waals surface area contributed by atoms with Crippen LogP contribution in [0.4, 0.5) is 17.3 Å². The van der Waals surface area contributed by atoms with E-state index in [1.807, 2.05) is 0 Å². The van der Waals surface area contributed by atoms with Crippen LogP contribution in [-0.4, -0.2) is 44.5 Å². The van der Waals surface area contributed by atoms with Crippen molar-refractivity contribution in [2.24, 2.45) is 7.05 Å². The summed E-state index contributed by atoms with van der Waals surface area (Å²) < 4.78 is 6.62. The molecular formula is C14H13N5O6. The molecule has 1 aromatic heterocycles. The molecular weight excluding hydrogens is 334 g/mol. The quantitative estimate of drug-likeness (QED) is 0.602. The molecule has 3 rings (SSSR count). The molecule has 2 N–H and O–H groups in total. The molecule has 130 valence electrons. The van der Waals surface area contributed by atoms with E-state index in [1.54, 1.807) is 7.05 Å². The predicted octanol–water partition coefficient (Wildman–Crippen LogP) is 0.398. The number of anilines is 2. The zero-order valence-corrected chi connectivity index (χ0v) is 13.0. The third kappa shape index (κ3) is 3.20. The maximum atomic E-state index is 12.2. The molecule has 0 bridgehead atoms. The van der Waals surface area contributed by atoms with Crippen LogP contribution in [0.25, 0.3) is 0 Å². The summed E-state index contributed by atoms with van der Waals surface area (Å²) in [6, 6.07) is 3.80. The van der Waals surface area contributed by atoms with Gasteiger partial charge in [-0.3, -0.25) is 29.9 Å². The Morgan fingerprint density at radius 2 is 2.28 bits per heavy atom. The fourth-order valence-electron chi connectivity index (χ4n) is 2.35. The van der Waals surface area contributed by atoms with Gasteiger partial charge in [0.25, 0.3) is 11.6 Å². The van der Waals surface area contributed by atoms with Gasteiger partial charge in [-0.05, 0) is 6.07 Å². The Kier molecular flexibility index (Phi) is 3.97. The lowest BCUT2D eigenvalue weighted by molar-refractivity contribution is -0.384. The molecule has 2 amide bonds. The number of benzene rings is 1. The van der Waals surface area contributed by atoms with Crippen molar-refractivity contribution in [1.29, 1.82) is 0 Å². The van der Waals surface area contributed by atoms with Gasteiger partial charge in [-0.15, -0.1) is 0 Å². The molecule has 11 nitrogen and oxygen atoms in total. The summed E-state index contributed by atoms with van der Waals surface area (Å²) in [6.45, 7) is -0.661. The highest BCUT2D eigenvalue weighted by Gasteiger charge is 2.29. The minimum absolute atomic E-state index is 0.0995. The number of hydrogen-bond acceptors (Lipinski definition) is 7. The van der Waals surface area contributed by atoms with Crippen molar-refractivity contribution in [2.75, 3.05) is 23.4 Å². The van der Waals surface area contributed by atoms with Crippen LogP contribution in [0.3, 0.4) is 0 Å². The minimum Gasteiger partial charge on any atom is -0.492 e. The number of aromatic nitrogens is 2. The van der Waals surface area contributed by atoms with E-state index < -0.39 is 16.7 Å². The maximum Gasteiger partial charge on any atom is 0.271 e. The fourth-order valence-corrected chi connectivity index (χ4v) is 2.35. The Balaban J connectivity index is 1.83. The van der Waals surface area contributed by atoms with Gasteiger partial charge >= 0.3 is 0 Å². The lowest BCUT2D eigenvalue weighted by Crippen LogP contribution is -2.43. The number of imidazole rings is 1. The summed E-state index contributed by atoms with van der Waals surface area (Å²) in [4.78, 5) is 39.4. The second kappa shape index (κ2) is 6.11. The van der Waals surface area contributed by atoms with Crippen LogP contribution in [0.15, 0.2) is 24.4 Å². The number of hydrogen-bond donors (Lipinski definition) is 2. The number of amides is 2. The molecule has 1 aromatic carbocycles. The lowest BCUT2D eigenvalue weighted by Gasteiger charge is -2.28. The largest absolute Gasteiger partial charge is 0.492 e. The maximum absolute atomic E-state index is 12.2. The van der Waals surface area contributed by atoms with E-state index in [4.69, 9.17) is 4.74 Å². The van der Waals surface area contributed by atoms with Gasteiger partial charge in [0.2, 0.25) is 17.7 Å². The highest BCUT2D eigenvalue weighted by atomic mass is 16.6. The van der Waals surface area contributed by atoms with Gasteiger partial charge in [-0.25, -0.2) is 0 Å². The fraction of sp³-hybridized carbons (Fsp3) is 0.214. The third-order valence-electron chi connectivity index (χ3n) is 3.51. The molecule has 0 atom stereocenters. The molecule has 0 fully saturated rings. The van der Waals surface area contributed by atoms with Crippen molar-refractivity contribution in [3.63, 3.8) is 0 Å². The molecule has 0 unspecified atom stereocenters. The summed E-state index contributed by atoms with van der Waals surface area (Å²) >= 11 is 0. The number of ether oxygens (including phenoxy) is 1. The molecule has 0 saturated carbocycles. The number of rotatable bonds is 4. The van der Waals surface area contributed by atoms with Crippen molar-refractivity contribution < 1.29 is 24.4 Å². The number of nitro groups is 1. The molecule has 0 spiro atoms. The molecule has 25 heavy (non-hydrogen) atoms. The normalized spacial score (nSPS) is 13.2. The van der Waals surface area contributed by atoms with E-state index in [2.05, 4.69) is 10.3 Å². The monoisotopic (exact) mass is 347 g/mol. The van der Waals surface area contributed by atoms with E-state index in [1.165, 1.54) is 29.0 Å². The first-order valence-corrected chi connectivity index (χ1v) is 7.09. The van der Waals surface area contributed by atoms with E-state index in [9.17, 15) is 24.8 Å². The van der Waals surface area contributed by atoms with Crippen molar-refractivity contribution in [1.82, 2.24) is 9.55 Å². The van der Waals surface area contributed by atoms with E-state index in [0.717, 1.165) is 4.90 Å². The van der Waals surface area contributed by atoms with Crippen LogP contribution < -0.4 is 15.0 Å². The second-order valence-electron chi connectivity index (χ2n) is 5.26. The highest BCUT2D eigenvalue weighted by molar-refractivity contribution is 6.04. The molecule has 11 heteroatoms. The number of nitro benzene ring substituents is 1. The molecule has 1 aliphatic rings. The molecule has 1 aliphatic heterocycles. The number of aromatic hydroxyl groups is 1. The van der Waals surface area contributed by atoms with Crippen molar-refractivity contribution in [2.45, 2.75) is 0 Å². The van der Waals surface area contributed by atoms with Crippen LogP contribution in [0.5, 0.6) is 11.6 Å². The third-order valence-corrected chi connectivity index (χ3v) is 3.51. The minimum atomic E-state index is -0.603. The molecule has 2 heterocycles. The Morgan fingerprint density at radius 3 is 2.92 bits per heavy atom. The van der Waals surface area contributed by atoms with Crippen molar-refractivity contribution >= 4 is 29.1 Å². The number of non-ortho nitro benzene ring substituents is 1. The standard InChI is InChI=1S/C14H13N5O6/c1-17-5-11(20)15-14(17)16-12(21)6-18-9-4-8(19(23)24)2-3-10(9)25-7-13(18)22/h2-5,20H,6-7H2,1H3,(H,15,16,21). The van der Waals surface area contributed by atoms with Gasteiger partial charge in [0.15, 0.2) is 6.61 Å². The van der Waals surface area contributed by atoms with Crippen LogP contribution >= 0.6 is 0 Å². The Labute approximate surface area is 140 Å². The summed E-state index contributed by atoms with van der Waals surface area (Å²) in [5.41, 5.74) is -0.0835. The van der Waals surface area contributed by atoms with E-state index in [0.29, 0.717) is 0 Å². The van der Waals surface area contributed by atoms with Gasteiger partial charge in [0.1, 0.15) is 12.3 Å². The summed E-state index contributed by atoms with van der Waals surface area (Å²) in [5, 5.41) is 22.7. The summed E-state index contributed by atoms with van der Waals surface area (Å²) in [7, 11) is 1.57. The summed E-state index contributed by atoms with van der Waals surface area (Å²) in [5.74, 6) is -0.983. The lowest BCUT2D eigenvalue weighted by atomic mass is 10.2. The number of carbonyl (C=O) groups excluding carboxylic acids is 2. The number of carbonyl (C=O) groups is 2. The molecule has 0 radical (unpaired) electrons. The van der Waals surface area contributed by atoms with Crippen LogP contribution in [0.2, 0.25) is 0 Å². The number of nitrogens with zero attached hydrogens (tertiary/aromatic N) is 4. The first kappa shape index (κ1) is 16.2. The van der Waals surface area contributed by atoms with Crippen LogP contribution in [0.1, 0.15) is 0 Å². The molecule has 0 aliphatic carbocycles. The number of nitrogens with one attached hydrogen (secondary N) is 1. The topological polar surface area (TPSA) is 140 Å². The smallest absolute Gasteiger partial charge is 0.271 e.